The Hall–Kier alpha value is -2.70. The van der Waals surface area contributed by atoms with Crippen molar-refractivity contribution in [3.8, 4) is 0 Å². The Morgan fingerprint density at radius 3 is 2.63 bits per heavy atom. The first-order chi connectivity index (χ1) is 13.0. The lowest BCUT2D eigenvalue weighted by Crippen LogP contribution is -3.06. The van der Waals surface area contributed by atoms with E-state index in [9.17, 15) is 9.59 Å². The Labute approximate surface area is 161 Å². The first-order valence-electron chi connectivity index (χ1n) is 8.73. The SMILES string of the molecule is C[NH+](C)CCN1C(=O)c2oc3ccc(Cl)cc3c(=O)c2[C@@H]1c1ccncc1. The highest BCUT2D eigenvalue weighted by molar-refractivity contribution is 6.31. The maximum absolute atomic E-state index is 13.3. The summed E-state index contributed by atoms with van der Waals surface area (Å²) in [5, 5.41) is 0.834. The number of benzene rings is 1. The Morgan fingerprint density at radius 2 is 1.93 bits per heavy atom. The number of hydrogen-bond donors (Lipinski definition) is 1. The minimum atomic E-state index is -0.491. The van der Waals surface area contributed by atoms with E-state index in [2.05, 4.69) is 4.98 Å². The van der Waals surface area contributed by atoms with E-state index >= 15 is 0 Å². The normalized spacial score (nSPS) is 16.4. The van der Waals surface area contributed by atoms with Crippen molar-refractivity contribution < 1.29 is 14.1 Å². The standard InChI is InChI=1S/C20H18ClN3O3/c1-23(2)9-10-24-17(12-5-7-22-8-6-12)16-18(25)14-11-13(21)3-4-15(14)27-19(16)20(24)26/h3-8,11,17H,9-10H2,1-2H3/p+1/t17-/m0/s1. The first kappa shape index (κ1) is 17.7. The van der Waals surface area contributed by atoms with E-state index in [0.717, 1.165) is 12.1 Å². The Morgan fingerprint density at radius 1 is 1.19 bits per heavy atom. The van der Waals surface area contributed by atoms with Crippen molar-refractivity contribution in [1.29, 1.82) is 0 Å². The van der Waals surface area contributed by atoms with Crippen molar-refractivity contribution in [1.82, 2.24) is 9.88 Å². The molecule has 4 rings (SSSR count). The average Bonchev–Trinajstić information content (AvgIpc) is 2.94. The van der Waals surface area contributed by atoms with Crippen molar-refractivity contribution in [3.63, 3.8) is 0 Å². The number of likely N-dealkylation sites (N-methyl/N-ethyl adjacent to an activating group) is 1. The van der Waals surface area contributed by atoms with Gasteiger partial charge < -0.3 is 14.2 Å². The Bertz CT molecular complexity index is 1080. The molecule has 2 aromatic heterocycles. The van der Waals surface area contributed by atoms with Gasteiger partial charge in [0.1, 0.15) is 5.58 Å². The number of quaternary nitrogens is 1. The fourth-order valence-electron chi connectivity index (χ4n) is 3.46. The number of carbonyl (C=O) groups excluding carboxylic acids is 1. The molecule has 0 spiro atoms. The number of nitrogens with zero attached hydrogens (tertiary/aromatic N) is 2. The molecule has 27 heavy (non-hydrogen) atoms. The fourth-order valence-corrected chi connectivity index (χ4v) is 3.63. The predicted molar refractivity (Wildman–Crippen MR) is 102 cm³/mol. The first-order valence-corrected chi connectivity index (χ1v) is 9.11. The summed E-state index contributed by atoms with van der Waals surface area (Å²) in [6, 6.07) is 8.01. The van der Waals surface area contributed by atoms with Gasteiger partial charge >= 0.3 is 0 Å². The molecule has 0 saturated carbocycles. The summed E-state index contributed by atoms with van der Waals surface area (Å²) in [6.45, 7) is 1.26. The van der Waals surface area contributed by atoms with E-state index in [1.165, 1.54) is 4.90 Å². The average molecular weight is 385 g/mol. The topological polar surface area (TPSA) is 67.8 Å². The van der Waals surface area contributed by atoms with E-state index in [0.29, 0.717) is 28.1 Å². The summed E-state index contributed by atoms with van der Waals surface area (Å²) in [6.07, 6.45) is 3.32. The van der Waals surface area contributed by atoms with Crippen molar-refractivity contribution in [3.05, 3.63) is 74.9 Å². The second kappa shape index (κ2) is 6.79. The summed E-state index contributed by atoms with van der Waals surface area (Å²) in [7, 11) is 4.05. The molecule has 0 radical (unpaired) electrons. The molecule has 3 heterocycles. The molecule has 138 valence electrons. The van der Waals surface area contributed by atoms with Gasteiger partial charge in [0.2, 0.25) is 5.76 Å². The number of rotatable bonds is 4. The number of pyridine rings is 1. The molecule has 7 heteroatoms. The molecule has 0 bridgehead atoms. The number of nitrogens with one attached hydrogen (secondary N) is 1. The molecule has 0 unspecified atom stereocenters. The van der Waals surface area contributed by atoms with Gasteiger partial charge in [-0.05, 0) is 35.9 Å². The summed E-state index contributed by atoms with van der Waals surface area (Å²) in [4.78, 5) is 33.3. The zero-order chi connectivity index (χ0) is 19.1. The van der Waals surface area contributed by atoms with Crippen LogP contribution in [-0.4, -0.2) is 43.0 Å². The van der Waals surface area contributed by atoms with Crippen molar-refractivity contribution >= 4 is 28.5 Å². The lowest BCUT2D eigenvalue weighted by atomic mass is 9.99. The minimum absolute atomic E-state index is 0.116. The number of aromatic nitrogens is 1. The molecule has 1 aromatic carbocycles. The van der Waals surface area contributed by atoms with E-state index in [1.807, 2.05) is 26.2 Å². The number of hydrogen-bond acceptors (Lipinski definition) is 4. The lowest BCUT2D eigenvalue weighted by molar-refractivity contribution is -0.857. The summed E-state index contributed by atoms with van der Waals surface area (Å²) >= 11 is 6.07. The highest BCUT2D eigenvalue weighted by atomic mass is 35.5. The summed E-state index contributed by atoms with van der Waals surface area (Å²) in [5.41, 5.74) is 1.35. The maximum Gasteiger partial charge on any atom is 0.291 e. The van der Waals surface area contributed by atoms with Gasteiger partial charge in [-0.2, -0.15) is 0 Å². The van der Waals surface area contributed by atoms with Gasteiger partial charge in [0.25, 0.3) is 5.91 Å². The zero-order valence-electron chi connectivity index (χ0n) is 15.0. The third-order valence-corrected chi connectivity index (χ3v) is 5.04. The predicted octanol–water partition coefficient (Wildman–Crippen LogP) is 1.53. The van der Waals surface area contributed by atoms with E-state index in [4.69, 9.17) is 16.0 Å². The third-order valence-electron chi connectivity index (χ3n) is 4.80. The molecule has 0 aliphatic carbocycles. The summed E-state index contributed by atoms with van der Waals surface area (Å²) < 4.78 is 5.87. The molecular weight excluding hydrogens is 366 g/mol. The molecule has 1 aliphatic heterocycles. The summed E-state index contributed by atoms with van der Waals surface area (Å²) in [5.74, 6) is -0.146. The monoisotopic (exact) mass is 384 g/mol. The number of amides is 1. The highest BCUT2D eigenvalue weighted by Gasteiger charge is 2.42. The van der Waals surface area contributed by atoms with Crippen LogP contribution in [0.1, 0.15) is 27.7 Å². The lowest BCUT2D eigenvalue weighted by Gasteiger charge is -2.25. The van der Waals surface area contributed by atoms with E-state index in [1.54, 1.807) is 35.5 Å². The minimum Gasteiger partial charge on any atom is -0.450 e. The number of fused-ring (bicyclic) bond motifs is 2. The molecule has 1 atom stereocenters. The molecule has 6 nitrogen and oxygen atoms in total. The van der Waals surface area contributed by atoms with Crippen LogP contribution in [0.4, 0.5) is 0 Å². The maximum atomic E-state index is 13.3. The molecule has 0 fully saturated rings. The van der Waals surface area contributed by atoms with E-state index in [-0.39, 0.29) is 17.1 Å². The molecule has 1 amide bonds. The second-order valence-electron chi connectivity index (χ2n) is 6.95. The largest absolute Gasteiger partial charge is 0.450 e. The molecule has 1 aliphatic rings. The second-order valence-corrected chi connectivity index (χ2v) is 7.39. The van der Waals surface area contributed by atoms with E-state index < -0.39 is 6.04 Å². The van der Waals surface area contributed by atoms with Gasteiger partial charge in [-0.3, -0.25) is 14.6 Å². The highest BCUT2D eigenvalue weighted by Crippen LogP contribution is 2.37. The Balaban J connectivity index is 1.95. The molecule has 3 aromatic rings. The quantitative estimate of drug-likeness (QED) is 0.740. The van der Waals surface area contributed by atoms with Crippen LogP contribution in [0.15, 0.2) is 51.9 Å². The van der Waals surface area contributed by atoms with Gasteiger partial charge in [-0.25, -0.2) is 0 Å². The molecular formula is C20H19ClN3O3+. The number of halogens is 1. The van der Waals surface area contributed by atoms with Crippen LogP contribution in [0, 0.1) is 0 Å². The van der Waals surface area contributed by atoms with Crippen LogP contribution < -0.4 is 10.3 Å². The van der Waals surface area contributed by atoms with Gasteiger partial charge in [-0.1, -0.05) is 11.6 Å². The van der Waals surface area contributed by atoms with Gasteiger partial charge in [0.05, 0.1) is 44.2 Å². The van der Waals surface area contributed by atoms with Crippen LogP contribution >= 0.6 is 11.6 Å². The number of carbonyl (C=O) groups is 1. The zero-order valence-corrected chi connectivity index (χ0v) is 15.8. The smallest absolute Gasteiger partial charge is 0.291 e. The van der Waals surface area contributed by atoms with Crippen molar-refractivity contribution in [2.45, 2.75) is 6.04 Å². The van der Waals surface area contributed by atoms with Gasteiger partial charge in [0, 0.05) is 17.4 Å². The fraction of sp³-hybridized carbons (Fsp3) is 0.250. The van der Waals surface area contributed by atoms with Crippen LogP contribution in [0.5, 0.6) is 0 Å². The third kappa shape index (κ3) is 3.01. The molecule has 1 N–H and O–H groups in total. The Kier molecular flexibility index (Phi) is 4.45. The van der Waals surface area contributed by atoms with Crippen LogP contribution in [0.25, 0.3) is 11.0 Å². The van der Waals surface area contributed by atoms with Crippen LogP contribution in [0.3, 0.4) is 0 Å². The van der Waals surface area contributed by atoms with Gasteiger partial charge in [0.15, 0.2) is 5.43 Å². The van der Waals surface area contributed by atoms with Crippen LogP contribution in [-0.2, 0) is 0 Å². The van der Waals surface area contributed by atoms with Gasteiger partial charge in [-0.15, -0.1) is 0 Å². The molecule has 0 saturated heterocycles. The van der Waals surface area contributed by atoms with Crippen molar-refractivity contribution in [2.24, 2.45) is 0 Å². The van der Waals surface area contributed by atoms with Crippen LogP contribution in [0.2, 0.25) is 5.02 Å². The van der Waals surface area contributed by atoms with Crippen molar-refractivity contribution in [2.75, 3.05) is 27.2 Å².